The summed E-state index contributed by atoms with van der Waals surface area (Å²) >= 11 is 0. The van der Waals surface area contributed by atoms with Gasteiger partial charge in [-0.1, -0.05) is 29.8 Å². The maximum absolute atomic E-state index is 13.2. The van der Waals surface area contributed by atoms with Crippen molar-refractivity contribution in [3.8, 4) is 0 Å². The van der Waals surface area contributed by atoms with E-state index in [-0.39, 0.29) is 13.0 Å². The van der Waals surface area contributed by atoms with Crippen LogP contribution in [-0.4, -0.2) is 11.7 Å². The Morgan fingerprint density at radius 3 is 2.83 bits per heavy atom. The second-order valence-electron chi connectivity index (χ2n) is 2.89. The Morgan fingerprint density at radius 1 is 1.50 bits per heavy atom. The van der Waals surface area contributed by atoms with Gasteiger partial charge >= 0.3 is 0 Å². The first-order chi connectivity index (χ1) is 5.74. The quantitative estimate of drug-likeness (QED) is 0.734. The highest BCUT2D eigenvalue weighted by Crippen LogP contribution is 2.21. The summed E-state index contributed by atoms with van der Waals surface area (Å²) in [7, 11) is 0. The Labute approximate surface area is 71.9 Å². The molecule has 0 aliphatic heterocycles. The van der Waals surface area contributed by atoms with E-state index in [1.54, 1.807) is 12.1 Å². The first-order valence-corrected chi connectivity index (χ1v) is 4.05. The van der Waals surface area contributed by atoms with Crippen molar-refractivity contribution in [2.75, 3.05) is 6.61 Å². The smallest absolute Gasteiger partial charge is 0.127 e. The summed E-state index contributed by atoms with van der Waals surface area (Å²) in [6, 6.07) is 7.30. The maximum atomic E-state index is 13.2. The first kappa shape index (κ1) is 9.20. The molecule has 0 bridgehead atoms. The minimum absolute atomic E-state index is 0.102. The van der Waals surface area contributed by atoms with E-state index in [1.807, 2.05) is 19.1 Å². The summed E-state index contributed by atoms with van der Waals surface area (Å²) in [6.07, 6.45) is -0.849. The third-order valence-electron chi connectivity index (χ3n) is 1.79. The predicted octanol–water partition coefficient (Wildman–Crippen LogP) is 2.39. The highest BCUT2D eigenvalue weighted by atomic mass is 19.1. The van der Waals surface area contributed by atoms with Gasteiger partial charge in [0.15, 0.2) is 0 Å². The van der Waals surface area contributed by atoms with Crippen LogP contribution in [0.25, 0.3) is 0 Å². The summed E-state index contributed by atoms with van der Waals surface area (Å²) < 4.78 is 13.2. The zero-order chi connectivity index (χ0) is 8.97. The topological polar surface area (TPSA) is 20.2 Å². The van der Waals surface area contributed by atoms with Crippen molar-refractivity contribution in [2.45, 2.75) is 19.5 Å². The molecule has 0 heterocycles. The fraction of sp³-hybridized carbons (Fsp3) is 0.400. The molecule has 0 saturated carbocycles. The number of benzene rings is 1. The van der Waals surface area contributed by atoms with Gasteiger partial charge in [-0.05, 0) is 12.5 Å². The van der Waals surface area contributed by atoms with Crippen LogP contribution < -0.4 is 0 Å². The molecule has 1 aromatic carbocycles. The van der Waals surface area contributed by atoms with Crippen molar-refractivity contribution in [3.63, 3.8) is 0 Å². The average Bonchev–Trinajstić information content (AvgIpc) is 2.05. The highest BCUT2D eigenvalue weighted by Gasteiger charge is 2.07. The lowest BCUT2D eigenvalue weighted by atomic mass is 10.1. The maximum Gasteiger partial charge on any atom is 0.127 e. The lowest BCUT2D eigenvalue weighted by molar-refractivity contribution is 0.222. The number of halogens is 1. The average molecular weight is 168 g/mol. The summed E-state index contributed by atoms with van der Waals surface area (Å²) in [5, 5.41) is 8.53. The van der Waals surface area contributed by atoms with Gasteiger partial charge in [-0.2, -0.15) is 0 Å². The molecule has 66 valence electrons. The van der Waals surface area contributed by atoms with Crippen LogP contribution in [0.15, 0.2) is 24.3 Å². The van der Waals surface area contributed by atoms with Crippen LogP contribution in [0.5, 0.6) is 0 Å². The third-order valence-corrected chi connectivity index (χ3v) is 1.79. The van der Waals surface area contributed by atoms with Gasteiger partial charge in [0.05, 0.1) is 0 Å². The van der Waals surface area contributed by atoms with Crippen molar-refractivity contribution < 1.29 is 9.50 Å². The first-order valence-electron chi connectivity index (χ1n) is 4.05. The monoisotopic (exact) mass is 168 g/mol. The second kappa shape index (κ2) is 4.21. The largest absolute Gasteiger partial charge is 0.396 e. The molecule has 1 unspecified atom stereocenters. The van der Waals surface area contributed by atoms with E-state index < -0.39 is 6.17 Å². The van der Waals surface area contributed by atoms with E-state index in [0.717, 1.165) is 5.56 Å². The van der Waals surface area contributed by atoms with Gasteiger partial charge in [0.2, 0.25) is 0 Å². The zero-order valence-electron chi connectivity index (χ0n) is 7.13. The lowest BCUT2D eigenvalue weighted by Crippen LogP contribution is -1.95. The Balaban J connectivity index is 2.73. The fourth-order valence-electron chi connectivity index (χ4n) is 1.14. The number of hydrogen-bond acceptors (Lipinski definition) is 1. The van der Waals surface area contributed by atoms with Crippen molar-refractivity contribution in [2.24, 2.45) is 0 Å². The van der Waals surface area contributed by atoms with Crippen LogP contribution >= 0.6 is 0 Å². The van der Waals surface area contributed by atoms with E-state index in [9.17, 15) is 4.39 Å². The van der Waals surface area contributed by atoms with Crippen molar-refractivity contribution in [1.82, 2.24) is 0 Å². The van der Waals surface area contributed by atoms with Gasteiger partial charge in [0.25, 0.3) is 0 Å². The van der Waals surface area contributed by atoms with Gasteiger partial charge in [0, 0.05) is 13.0 Å². The van der Waals surface area contributed by atoms with E-state index >= 15 is 0 Å². The molecule has 1 nitrogen and oxygen atoms in total. The second-order valence-corrected chi connectivity index (χ2v) is 2.89. The Bertz CT molecular complexity index is 247. The number of aliphatic hydroxyl groups excluding tert-OH is 1. The molecule has 0 saturated heterocycles. The Hall–Kier alpha value is -0.890. The summed E-state index contributed by atoms with van der Waals surface area (Å²) in [5.74, 6) is 0. The van der Waals surface area contributed by atoms with Crippen molar-refractivity contribution in [1.29, 1.82) is 0 Å². The number of aliphatic hydroxyl groups is 1. The van der Waals surface area contributed by atoms with Gasteiger partial charge in [0.1, 0.15) is 6.17 Å². The standard InChI is InChI=1S/C10H13FO/c1-8-3-2-4-9(7-8)10(11)5-6-12/h2-4,7,10,12H,5-6H2,1H3. The summed E-state index contributed by atoms with van der Waals surface area (Å²) in [5.41, 5.74) is 1.71. The molecular formula is C10H13FO. The molecule has 0 fully saturated rings. The van der Waals surface area contributed by atoms with Gasteiger partial charge in [-0.15, -0.1) is 0 Å². The van der Waals surface area contributed by atoms with E-state index in [4.69, 9.17) is 5.11 Å². The van der Waals surface area contributed by atoms with Crippen molar-refractivity contribution >= 4 is 0 Å². The third kappa shape index (κ3) is 2.31. The molecule has 0 spiro atoms. The number of aryl methyl sites for hydroxylation is 1. The molecule has 1 N–H and O–H groups in total. The normalized spacial score (nSPS) is 12.9. The highest BCUT2D eigenvalue weighted by molar-refractivity contribution is 5.23. The van der Waals surface area contributed by atoms with Crippen LogP contribution in [0, 0.1) is 6.92 Å². The minimum atomic E-state index is -1.03. The molecule has 1 aromatic rings. The van der Waals surface area contributed by atoms with Crippen LogP contribution in [0.4, 0.5) is 4.39 Å². The zero-order valence-corrected chi connectivity index (χ0v) is 7.13. The Morgan fingerprint density at radius 2 is 2.25 bits per heavy atom. The van der Waals surface area contributed by atoms with Gasteiger partial charge in [-0.25, -0.2) is 4.39 Å². The minimum Gasteiger partial charge on any atom is -0.396 e. The fourth-order valence-corrected chi connectivity index (χ4v) is 1.14. The predicted molar refractivity (Wildman–Crippen MR) is 46.7 cm³/mol. The lowest BCUT2D eigenvalue weighted by Gasteiger charge is -2.06. The van der Waals surface area contributed by atoms with Crippen LogP contribution in [0.3, 0.4) is 0 Å². The molecular weight excluding hydrogens is 155 g/mol. The van der Waals surface area contributed by atoms with Crippen LogP contribution in [-0.2, 0) is 0 Å². The van der Waals surface area contributed by atoms with Crippen molar-refractivity contribution in [3.05, 3.63) is 35.4 Å². The molecule has 1 atom stereocenters. The number of alkyl halides is 1. The van der Waals surface area contributed by atoms with Gasteiger partial charge in [-0.3, -0.25) is 0 Å². The van der Waals surface area contributed by atoms with E-state index in [1.165, 1.54) is 0 Å². The van der Waals surface area contributed by atoms with E-state index in [0.29, 0.717) is 5.56 Å². The van der Waals surface area contributed by atoms with E-state index in [2.05, 4.69) is 0 Å². The number of rotatable bonds is 3. The summed E-state index contributed by atoms with van der Waals surface area (Å²) in [6.45, 7) is 1.82. The molecule has 0 aliphatic carbocycles. The Kier molecular flexibility index (Phi) is 3.23. The summed E-state index contributed by atoms with van der Waals surface area (Å²) in [4.78, 5) is 0. The molecule has 0 radical (unpaired) electrons. The number of hydrogen-bond donors (Lipinski definition) is 1. The molecule has 2 heteroatoms. The molecule has 0 amide bonds. The SMILES string of the molecule is Cc1cccc(C(F)CCO)c1. The molecule has 1 rings (SSSR count). The van der Waals surface area contributed by atoms with Crippen LogP contribution in [0.2, 0.25) is 0 Å². The molecule has 0 aliphatic rings. The van der Waals surface area contributed by atoms with Crippen LogP contribution in [0.1, 0.15) is 23.7 Å². The molecule has 0 aromatic heterocycles. The van der Waals surface area contributed by atoms with Gasteiger partial charge < -0.3 is 5.11 Å². The molecule has 12 heavy (non-hydrogen) atoms.